The highest BCUT2D eigenvalue weighted by Crippen LogP contribution is 2.33. The molecule has 3 aromatic carbocycles. The molecule has 0 saturated heterocycles. The zero-order valence-corrected chi connectivity index (χ0v) is 16.5. The molecule has 0 unspecified atom stereocenters. The van der Waals surface area contributed by atoms with Gasteiger partial charge >= 0.3 is 0 Å². The second kappa shape index (κ2) is 8.99. The number of fused-ring (bicyclic) bond motifs is 1. The van der Waals surface area contributed by atoms with Gasteiger partial charge in [-0.1, -0.05) is 48.5 Å². The molecular weight excluding hydrogens is 366 g/mol. The first-order chi connectivity index (χ1) is 14.2. The molecule has 1 heterocycles. The molecule has 5 heteroatoms. The molecule has 0 spiro atoms. The van der Waals surface area contributed by atoms with E-state index in [1.807, 2.05) is 66.7 Å². The molecule has 0 saturated carbocycles. The monoisotopic (exact) mass is 391 g/mol. The number of methoxy groups -OCH3 is 1. The average Bonchev–Trinajstić information content (AvgIpc) is 3.22. The number of ether oxygens (including phenoxy) is 3. The third kappa shape index (κ3) is 4.88. The van der Waals surface area contributed by atoms with Crippen LogP contribution in [-0.4, -0.2) is 30.5 Å². The van der Waals surface area contributed by atoms with Crippen LogP contribution in [0.4, 0.5) is 0 Å². The van der Waals surface area contributed by atoms with Crippen LogP contribution in [0.1, 0.15) is 22.8 Å². The van der Waals surface area contributed by atoms with Crippen molar-refractivity contribution in [2.24, 2.45) is 0 Å². The van der Waals surface area contributed by atoms with E-state index in [1.54, 1.807) is 7.11 Å². The molecule has 0 aliphatic carbocycles. The first-order valence-corrected chi connectivity index (χ1v) is 9.68. The molecule has 4 rings (SSSR count). The molecular formula is C24H25NO4. The lowest BCUT2D eigenvalue weighted by atomic mass is 10.1. The summed E-state index contributed by atoms with van der Waals surface area (Å²) in [6, 6.07) is 23.8. The molecule has 1 N–H and O–H groups in total. The van der Waals surface area contributed by atoms with Gasteiger partial charge in [-0.25, -0.2) is 0 Å². The highest BCUT2D eigenvalue weighted by atomic mass is 16.7. The van der Waals surface area contributed by atoms with Gasteiger partial charge in [0.15, 0.2) is 11.5 Å². The van der Waals surface area contributed by atoms with Gasteiger partial charge in [-0.3, -0.25) is 4.90 Å². The molecule has 3 aromatic rings. The van der Waals surface area contributed by atoms with Crippen molar-refractivity contribution in [2.45, 2.75) is 19.2 Å². The van der Waals surface area contributed by atoms with Crippen LogP contribution in [0.3, 0.4) is 0 Å². The Morgan fingerprint density at radius 3 is 2.45 bits per heavy atom. The van der Waals surface area contributed by atoms with E-state index in [0.717, 1.165) is 33.9 Å². The van der Waals surface area contributed by atoms with Crippen LogP contribution in [0.15, 0.2) is 72.8 Å². The number of hydrogen-bond acceptors (Lipinski definition) is 5. The third-order valence-corrected chi connectivity index (χ3v) is 5.00. The second-order valence-electron chi connectivity index (χ2n) is 7.14. The molecule has 150 valence electrons. The van der Waals surface area contributed by atoms with E-state index in [9.17, 15) is 5.11 Å². The second-order valence-corrected chi connectivity index (χ2v) is 7.14. The maximum absolute atomic E-state index is 10.8. The summed E-state index contributed by atoms with van der Waals surface area (Å²) in [5.41, 5.74) is 3.15. The van der Waals surface area contributed by atoms with Crippen LogP contribution in [0.25, 0.3) is 0 Å². The van der Waals surface area contributed by atoms with Gasteiger partial charge in [-0.05, 0) is 41.0 Å². The van der Waals surface area contributed by atoms with Crippen molar-refractivity contribution in [1.82, 2.24) is 4.90 Å². The lowest BCUT2D eigenvalue weighted by Gasteiger charge is -2.26. The van der Waals surface area contributed by atoms with Crippen LogP contribution in [0.5, 0.6) is 17.2 Å². The van der Waals surface area contributed by atoms with E-state index in [2.05, 4.69) is 11.0 Å². The zero-order chi connectivity index (χ0) is 20.1. The van der Waals surface area contributed by atoms with Crippen LogP contribution in [-0.2, 0) is 13.1 Å². The summed E-state index contributed by atoms with van der Waals surface area (Å²) in [5, 5.41) is 10.8. The fourth-order valence-electron chi connectivity index (χ4n) is 3.54. The molecule has 0 aromatic heterocycles. The molecule has 5 nitrogen and oxygen atoms in total. The summed E-state index contributed by atoms with van der Waals surface area (Å²) in [4.78, 5) is 2.23. The predicted octanol–water partition coefficient (Wildman–Crippen LogP) is 4.16. The van der Waals surface area contributed by atoms with E-state index in [0.29, 0.717) is 19.6 Å². The van der Waals surface area contributed by atoms with Gasteiger partial charge in [0, 0.05) is 19.6 Å². The average molecular weight is 391 g/mol. The van der Waals surface area contributed by atoms with E-state index < -0.39 is 6.10 Å². The topological polar surface area (TPSA) is 51.2 Å². The molecule has 0 bridgehead atoms. The van der Waals surface area contributed by atoms with Gasteiger partial charge in [0.05, 0.1) is 13.2 Å². The Morgan fingerprint density at radius 1 is 0.897 bits per heavy atom. The van der Waals surface area contributed by atoms with Crippen molar-refractivity contribution in [3.8, 4) is 17.2 Å². The van der Waals surface area contributed by atoms with E-state index in [1.165, 1.54) is 0 Å². The molecule has 0 fully saturated rings. The van der Waals surface area contributed by atoms with Crippen LogP contribution in [0, 0.1) is 0 Å². The summed E-state index contributed by atoms with van der Waals surface area (Å²) >= 11 is 0. The lowest BCUT2D eigenvalue weighted by molar-refractivity contribution is 0.105. The van der Waals surface area contributed by atoms with Gasteiger partial charge in [-0.2, -0.15) is 0 Å². The number of aliphatic hydroxyl groups is 1. The van der Waals surface area contributed by atoms with E-state index >= 15 is 0 Å². The summed E-state index contributed by atoms with van der Waals surface area (Å²) in [6.07, 6.45) is -0.573. The van der Waals surface area contributed by atoms with Crippen LogP contribution in [0.2, 0.25) is 0 Å². The quantitative estimate of drug-likeness (QED) is 0.625. The van der Waals surface area contributed by atoms with Crippen molar-refractivity contribution in [3.05, 3.63) is 89.5 Å². The molecule has 1 aliphatic rings. The molecule has 0 radical (unpaired) electrons. The molecule has 1 atom stereocenters. The van der Waals surface area contributed by atoms with Crippen molar-refractivity contribution in [1.29, 1.82) is 0 Å². The van der Waals surface area contributed by atoms with Gasteiger partial charge < -0.3 is 19.3 Å². The fourth-order valence-corrected chi connectivity index (χ4v) is 3.54. The number of nitrogens with zero attached hydrogens (tertiary/aromatic N) is 1. The first kappa shape index (κ1) is 19.3. The van der Waals surface area contributed by atoms with Crippen molar-refractivity contribution >= 4 is 0 Å². The lowest BCUT2D eigenvalue weighted by Crippen LogP contribution is -2.28. The van der Waals surface area contributed by atoms with Gasteiger partial charge in [-0.15, -0.1) is 0 Å². The van der Waals surface area contributed by atoms with Gasteiger partial charge in [0.25, 0.3) is 0 Å². The largest absolute Gasteiger partial charge is 0.497 e. The van der Waals surface area contributed by atoms with E-state index in [4.69, 9.17) is 14.2 Å². The van der Waals surface area contributed by atoms with Crippen molar-refractivity contribution in [2.75, 3.05) is 20.4 Å². The van der Waals surface area contributed by atoms with Crippen LogP contribution < -0.4 is 14.2 Å². The number of benzene rings is 3. The number of aliphatic hydroxyl groups excluding tert-OH is 1. The Labute approximate surface area is 171 Å². The minimum atomic E-state index is -0.573. The SMILES string of the molecule is COc1cccc(CN(Cc2ccc3c(c2)OCO3)C[C@H](O)c2ccccc2)c1. The standard InChI is InChI=1S/C24H25NO4/c1-27-21-9-5-6-18(12-21)14-25(16-22(26)20-7-3-2-4-8-20)15-19-10-11-23-24(13-19)29-17-28-23/h2-13,22,26H,14-17H2,1H3/t22-/m0/s1. The van der Waals surface area contributed by atoms with Crippen molar-refractivity contribution in [3.63, 3.8) is 0 Å². The Bertz CT molecular complexity index is 945. The molecule has 0 amide bonds. The maximum atomic E-state index is 10.8. The summed E-state index contributed by atoms with van der Waals surface area (Å²) in [5.74, 6) is 2.37. The smallest absolute Gasteiger partial charge is 0.231 e. The predicted molar refractivity (Wildman–Crippen MR) is 111 cm³/mol. The Balaban J connectivity index is 1.54. The van der Waals surface area contributed by atoms with Gasteiger partial charge in [0.1, 0.15) is 5.75 Å². The van der Waals surface area contributed by atoms with Crippen LogP contribution >= 0.6 is 0 Å². The van der Waals surface area contributed by atoms with Crippen molar-refractivity contribution < 1.29 is 19.3 Å². The Morgan fingerprint density at radius 2 is 1.66 bits per heavy atom. The first-order valence-electron chi connectivity index (χ1n) is 9.68. The third-order valence-electron chi connectivity index (χ3n) is 5.00. The highest BCUT2D eigenvalue weighted by molar-refractivity contribution is 5.44. The zero-order valence-electron chi connectivity index (χ0n) is 16.5. The maximum Gasteiger partial charge on any atom is 0.231 e. The molecule has 29 heavy (non-hydrogen) atoms. The summed E-state index contributed by atoms with van der Waals surface area (Å²) in [6.45, 7) is 2.14. The van der Waals surface area contributed by atoms with E-state index in [-0.39, 0.29) is 6.79 Å². The minimum absolute atomic E-state index is 0.263. The highest BCUT2D eigenvalue weighted by Gasteiger charge is 2.18. The normalized spacial score (nSPS) is 13.5. The fraction of sp³-hybridized carbons (Fsp3) is 0.250. The number of hydrogen-bond donors (Lipinski definition) is 1. The molecule has 1 aliphatic heterocycles. The summed E-state index contributed by atoms with van der Waals surface area (Å²) < 4.78 is 16.3. The van der Waals surface area contributed by atoms with Gasteiger partial charge in [0.2, 0.25) is 6.79 Å². The number of rotatable bonds is 8. The summed E-state index contributed by atoms with van der Waals surface area (Å²) in [7, 11) is 1.67. The Hall–Kier alpha value is -3.02. The minimum Gasteiger partial charge on any atom is -0.497 e. The Kier molecular flexibility index (Phi) is 5.98.